The Morgan fingerprint density at radius 2 is 2.07 bits per heavy atom. The molecule has 0 aliphatic rings. The zero-order valence-electron chi connectivity index (χ0n) is 8.98. The molecule has 1 nitrogen and oxygen atoms in total. The number of rotatable bonds is 2. The van der Waals surface area contributed by atoms with Gasteiger partial charge in [0.15, 0.2) is 5.78 Å². The normalized spacial score (nSPS) is 11.8. The SMILES string of the molecule is Cc1sc(Br)cc1C(=O)CC(C)(C)C. The molecule has 0 fully saturated rings. The summed E-state index contributed by atoms with van der Waals surface area (Å²) in [7, 11) is 0. The van der Waals surface area contributed by atoms with Crippen molar-refractivity contribution in [3.8, 4) is 0 Å². The van der Waals surface area contributed by atoms with Crippen LogP contribution in [0.5, 0.6) is 0 Å². The first-order valence-electron chi connectivity index (χ1n) is 4.59. The minimum Gasteiger partial charge on any atom is -0.294 e. The van der Waals surface area contributed by atoms with Crippen molar-refractivity contribution in [2.24, 2.45) is 5.41 Å². The Morgan fingerprint density at radius 1 is 1.50 bits per heavy atom. The Bertz CT molecular complexity index is 347. The van der Waals surface area contributed by atoms with Crippen molar-refractivity contribution in [3.63, 3.8) is 0 Å². The third-order valence-electron chi connectivity index (χ3n) is 1.88. The number of carbonyl (C=O) groups is 1. The summed E-state index contributed by atoms with van der Waals surface area (Å²) in [6.07, 6.45) is 0.608. The maximum absolute atomic E-state index is 11.9. The quantitative estimate of drug-likeness (QED) is 0.729. The first-order chi connectivity index (χ1) is 6.29. The zero-order chi connectivity index (χ0) is 10.9. The second-order valence-corrected chi connectivity index (χ2v) is 7.32. The number of hydrogen-bond donors (Lipinski definition) is 0. The van der Waals surface area contributed by atoms with Crippen molar-refractivity contribution < 1.29 is 4.79 Å². The second-order valence-electron chi connectivity index (χ2n) is 4.68. The van der Waals surface area contributed by atoms with Gasteiger partial charge in [0.2, 0.25) is 0 Å². The molecule has 1 heterocycles. The molecule has 0 unspecified atom stereocenters. The van der Waals surface area contributed by atoms with Gasteiger partial charge in [-0.2, -0.15) is 0 Å². The molecular formula is C11H15BrOS. The molecule has 0 N–H and O–H groups in total. The summed E-state index contributed by atoms with van der Waals surface area (Å²) >= 11 is 5.02. The average molecular weight is 275 g/mol. The molecule has 0 aliphatic carbocycles. The Morgan fingerprint density at radius 3 is 2.43 bits per heavy atom. The molecule has 78 valence electrons. The molecule has 14 heavy (non-hydrogen) atoms. The van der Waals surface area contributed by atoms with Crippen LogP contribution in [0.3, 0.4) is 0 Å². The standard InChI is InChI=1S/C11H15BrOS/c1-7-8(5-10(12)14-7)9(13)6-11(2,3)4/h5H,6H2,1-4H3. The van der Waals surface area contributed by atoms with Gasteiger partial charge in [-0.3, -0.25) is 4.79 Å². The monoisotopic (exact) mass is 274 g/mol. The fraction of sp³-hybridized carbons (Fsp3) is 0.545. The number of carbonyl (C=O) groups excluding carboxylic acids is 1. The Hall–Kier alpha value is -0.150. The molecule has 0 atom stereocenters. The largest absolute Gasteiger partial charge is 0.294 e. The molecule has 0 aromatic carbocycles. The van der Waals surface area contributed by atoms with Crippen LogP contribution >= 0.6 is 27.3 Å². The van der Waals surface area contributed by atoms with Crippen molar-refractivity contribution in [2.75, 3.05) is 0 Å². The van der Waals surface area contributed by atoms with Gasteiger partial charge in [-0.25, -0.2) is 0 Å². The van der Waals surface area contributed by atoms with Crippen molar-refractivity contribution in [1.29, 1.82) is 0 Å². The molecule has 0 saturated carbocycles. The average Bonchev–Trinajstić information content (AvgIpc) is 2.26. The summed E-state index contributed by atoms with van der Waals surface area (Å²) in [4.78, 5) is 13.0. The van der Waals surface area contributed by atoms with E-state index in [-0.39, 0.29) is 11.2 Å². The number of halogens is 1. The third kappa shape index (κ3) is 3.21. The fourth-order valence-electron chi connectivity index (χ4n) is 1.30. The number of aryl methyl sites for hydroxylation is 1. The van der Waals surface area contributed by atoms with Crippen molar-refractivity contribution in [2.45, 2.75) is 34.1 Å². The lowest BCUT2D eigenvalue weighted by atomic mass is 9.88. The number of thiophene rings is 1. The third-order valence-corrected chi connectivity index (χ3v) is 3.43. The smallest absolute Gasteiger partial charge is 0.164 e. The van der Waals surface area contributed by atoms with Gasteiger partial charge in [0.1, 0.15) is 0 Å². The minimum atomic E-state index is 0.0674. The van der Waals surface area contributed by atoms with E-state index in [1.165, 1.54) is 0 Å². The van der Waals surface area contributed by atoms with Crippen LogP contribution < -0.4 is 0 Å². The summed E-state index contributed by atoms with van der Waals surface area (Å²) in [6.45, 7) is 8.25. The van der Waals surface area contributed by atoms with E-state index < -0.39 is 0 Å². The first-order valence-corrected chi connectivity index (χ1v) is 6.20. The van der Waals surface area contributed by atoms with E-state index in [0.717, 1.165) is 14.2 Å². The Balaban J connectivity index is 2.85. The second kappa shape index (κ2) is 4.15. The van der Waals surface area contributed by atoms with E-state index in [0.29, 0.717) is 6.42 Å². The highest BCUT2D eigenvalue weighted by Crippen LogP contribution is 2.29. The molecular weight excluding hydrogens is 260 g/mol. The molecule has 0 aliphatic heterocycles. The van der Waals surface area contributed by atoms with Crippen LogP contribution in [0.15, 0.2) is 9.85 Å². The van der Waals surface area contributed by atoms with Crippen LogP contribution in [-0.4, -0.2) is 5.78 Å². The summed E-state index contributed by atoms with van der Waals surface area (Å²) in [5, 5.41) is 0. The van der Waals surface area contributed by atoms with E-state index in [1.807, 2.05) is 13.0 Å². The van der Waals surface area contributed by atoms with Crippen LogP contribution in [0.2, 0.25) is 0 Å². The van der Waals surface area contributed by atoms with Gasteiger partial charge in [-0.15, -0.1) is 11.3 Å². The van der Waals surface area contributed by atoms with E-state index in [2.05, 4.69) is 36.7 Å². The number of Topliss-reactive ketones (excluding diaryl/α,β-unsaturated/α-hetero) is 1. The lowest BCUT2D eigenvalue weighted by Crippen LogP contribution is -2.13. The molecule has 1 aromatic heterocycles. The van der Waals surface area contributed by atoms with E-state index in [4.69, 9.17) is 0 Å². The topological polar surface area (TPSA) is 17.1 Å². The molecule has 0 bridgehead atoms. The number of ketones is 1. The van der Waals surface area contributed by atoms with Gasteiger partial charge >= 0.3 is 0 Å². The van der Waals surface area contributed by atoms with Gasteiger partial charge in [-0.1, -0.05) is 20.8 Å². The summed E-state index contributed by atoms with van der Waals surface area (Å²) in [6, 6.07) is 1.92. The Kier molecular flexibility index (Phi) is 3.53. The predicted octanol–water partition coefficient (Wildman–Crippen LogP) is 4.44. The minimum absolute atomic E-state index is 0.0674. The lowest BCUT2D eigenvalue weighted by molar-refractivity contribution is 0.0940. The molecule has 0 saturated heterocycles. The van der Waals surface area contributed by atoms with Gasteiger partial charge in [0.05, 0.1) is 3.79 Å². The van der Waals surface area contributed by atoms with Crippen LogP contribution in [0.1, 0.15) is 42.4 Å². The molecule has 3 heteroatoms. The van der Waals surface area contributed by atoms with Gasteiger partial charge in [0, 0.05) is 16.9 Å². The maximum atomic E-state index is 11.9. The Labute approximate surface area is 97.7 Å². The summed E-state index contributed by atoms with van der Waals surface area (Å²) < 4.78 is 1.03. The molecule has 0 spiro atoms. The van der Waals surface area contributed by atoms with Crippen molar-refractivity contribution >= 4 is 33.0 Å². The van der Waals surface area contributed by atoms with Gasteiger partial charge < -0.3 is 0 Å². The van der Waals surface area contributed by atoms with Crippen LogP contribution in [0, 0.1) is 12.3 Å². The van der Waals surface area contributed by atoms with Crippen molar-refractivity contribution in [1.82, 2.24) is 0 Å². The fourth-order valence-corrected chi connectivity index (χ4v) is 3.01. The zero-order valence-corrected chi connectivity index (χ0v) is 11.4. The molecule has 0 radical (unpaired) electrons. The highest BCUT2D eigenvalue weighted by molar-refractivity contribution is 9.11. The summed E-state index contributed by atoms with van der Waals surface area (Å²) in [5.41, 5.74) is 0.939. The van der Waals surface area contributed by atoms with Gasteiger partial charge in [-0.05, 0) is 34.3 Å². The lowest BCUT2D eigenvalue weighted by Gasteiger charge is -2.16. The van der Waals surface area contributed by atoms with E-state index >= 15 is 0 Å². The van der Waals surface area contributed by atoms with Crippen LogP contribution in [0.25, 0.3) is 0 Å². The number of hydrogen-bond acceptors (Lipinski definition) is 2. The van der Waals surface area contributed by atoms with Crippen LogP contribution in [0.4, 0.5) is 0 Å². The maximum Gasteiger partial charge on any atom is 0.164 e. The predicted molar refractivity (Wildman–Crippen MR) is 65.2 cm³/mol. The van der Waals surface area contributed by atoms with Gasteiger partial charge in [0.25, 0.3) is 0 Å². The van der Waals surface area contributed by atoms with E-state index in [1.54, 1.807) is 11.3 Å². The molecule has 1 rings (SSSR count). The molecule has 0 amide bonds. The van der Waals surface area contributed by atoms with Crippen LogP contribution in [-0.2, 0) is 0 Å². The van der Waals surface area contributed by atoms with E-state index in [9.17, 15) is 4.79 Å². The van der Waals surface area contributed by atoms with Crippen molar-refractivity contribution in [3.05, 3.63) is 20.3 Å². The summed E-state index contributed by atoms with van der Waals surface area (Å²) in [5.74, 6) is 0.247. The molecule has 1 aromatic rings. The first kappa shape index (κ1) is 11.9. The highest BCUT2D eigenvalue weighted by Gasteiger charge is 2.19. The highest BCUT2D eigenvalue weighted by atomic mass is 79.9.